The second kappa shape index (κ2) is 7.53. The van der Waals surface area contributed by atoms with Gasteiger partial charge < -0.3 is 14.8 Å². The molecule has 0 bridgehead atoms. The molecule has 1 aliphatic rings. The van der Waals surface area contributed by atoms with E-state index in [4.69, 9.17) is 9.47 Å². The number of thioether (sulfide) groups is 1. The number of fused-ring (bicyclic) bond motifs is 1. The van der Waals surface area contributed by atoms with Crippen LogP contribution >= 0.6 is 11.8 Å². The van der Waals surface area contributed by atoms with Gasteiger partial charge in [0.15, 0.2) is 23.1 Å². The fourth-order valence-corrected chi connectivity index (χ4v) is 2.91. The second-order valence-electron chi connectivity index (χ2n) is 5.17. The average molecular weight is 351 g/mol. The zero-order chi connectivity index (χ0) is 16.9. The van der Waals surface area contributed by atoms with Crippen LogP contribution in [0.25, 0.3) is 0 Å². The Labute approximate surface area is 142 Å². The van der Waals surface area contributed by atoms with E-state index in [1.165, 1.54) is 6.07 Å². The van der Waals surface area contributed by atoms with Crippen LogP contribution in [0, 0.1) is 11.6 Å². The third-order valence-electron chi connectivity index (χ3n) is 3.36. The summed E-state index contributed by atoms with van der Waals surface area (Å²) in [5, 5.41) is 2.75. The smallest absolute Gasteiger partial charge is 0.230 e. The lowest BCUT2D eigenvalue weighted by Gasteiger charge is -2.26. The average Bonchev–Trinajstić information content (AvgIpc) is 2.60. The zero-order valence-electron chi connectivity index (χ0n) is 12.6. The Morgan fingerprint density at radius 2 is 1.96 bits per heavy atom. The van der Waals surface area contributed by atoms with Gasteiger partial charge in [0.25, 0.3) is 0 Å². The number of carbonyl (C=O) groups is 1. The Hall–Kier alpha value is -2.28. The van der Waals surface area contributed by atoms with E-state index in [0.717, 1.165) is 23.9 Å². The molecule has 1 aliphatic heterocycles. The summed E-state index contributed by atoms with van der Waals surface area (Å²) in [6.45, 7) is 0.666. The molecule has 2 aromatic carbocycles. The van der Waals surface area contributed by atoms with E-state index in [1.54, 1.807) is 0 Å². The lowest BCUT2D eigenvalue weighted by Crippen LogP contribution is -2.41. The molecular formula is C17H15F2NO3S. The quantitative estimate of drug-likeness (QED) is 0.842. The molecule has 1 N–H and O–H groups in total. The molecule has 0 saturated carbocycles. The SMILES string of the molecule is O=C(CSc1ccc(F)c(F)c1)NC[C@H]1COc2ccccc2O1. The zero-order valence-corrected chi connectivity index (χ0v) is 13.4. The molecule has 2 aromatic rings. The first-order valence-electron chi connectivity index (χ1n) is 7.35. The minimum Gasteiger partial charge on any atom is -0.486 e. The number of halogens is 2. The molecule has 24 heavy (non-hydrogen) atoms. The molecule has 1 atom stereocenters. The van der Waals surface area contributed by atoms with Crippen LogP contribution in [-0.2, 0) is 4.79 Å². The number of nitrogens with one attached hydrogen (secondary N) is 1. The summed E-state index contributed by atoms with van der Waals surface area (Å²) in [5.41, 5.74) is 0. The van der Waals surface area contributed by atoms with Crippen molar-refractivity contribution in [3.05, 3.63) is 54.1 Å². The lowest BCUT2D eigenvalue weighted by molar-refractivity contribution is -0.119. The van der Waals surface area contributed by atoms with Gasteiger partial charge in [0, 0.05) is 4.90 Å². The monoisotopic (exact) mass is 351 g/mol. The van der Waals surface area contributed by atoms with E-state index >= 15 is 0 Å². The van der Waals surface area contributed by atoms with E-state index in [2.05, 4.69) is 5.32 Å². The maximum Gasteiger partial charge on any atom is 0.230 e. The maximum absolute atomic E-state index is 13.1. The van der Waals surface area contributed by atoms with Crippen LogP contribution in [0.1, 0.15) is 0 Å². The topological polar surface area (TPSA) is 47.6 Å². The first-order valence-corrected chi connectivity index (χ1v) is 8.33. The molecule has 126 valence electrons. The van der Waals surface area contributed by atoms with Crippen molar-refractivity contribution in [2.45, 2.75) is 11.0 Å². The van der Waals surface area contributed by atoms with Gasteiger partial charge in [-0.3, -0.25) is 4.79 Å². The van der Waals surface area contributed by atoms with Crippen molar-refractivity contribution in [3.8, 4) is 11.5 Å². The van der Waals surface area contributed by atoms with Gasteiger partial charge in [0.2, 0.25) is 5.91 Å². The van der Waals surface area contributed by atoms with Crippen LogP contribution in [0.2, 0.25) is 0 Å². The van der Waals surface area contributed by atoms with Gasteiger partial charge in [-0.1, -0.05) is 12.1 Å². The van der Waals surface area contributed by atoms with Crippen LogP contribution in [-0.4, -0.2) is 30.9 Å². The van der Waals surface area contributed by atoms with Gasteiger partial charge in [0.05, 0.1) is 12.3 Å². The minimum absolute atomic E-state index is 0.106. The number of para-hydroxylation sites is 2. The Morgan fingerprint density at radius 1 is 1.17 bits per heavy atom. The minimum atomic E-state index is -0.924. The van der Waals surface area contributed by atoms with Gasteiger partial charge in [-0.25, -0.2) is 8.78 Å². The van der Waals surface area contributed by atoms with E-state index in [0.29, 0.717) is 29.5 Å². The van der Waals surface area contributed by atoms with Gasteiger partial charge in [-0.2, -0.15) is 0 Å². The molecule has 0 unspecified atom stereocenters. The van der Waals surface area contributed by atoms with Crippen LogP contribution < -0.4 is 14.8 Å². The number of hydrogen-bond acceptors (Lipinski definition) is 4. The molecule has 0 spiro atoms. The lowest BCUT2D eigenvalue weighted by atomic mass is 10.2. The van der Waals surface area contributed by atoms with Gasteiger partial charge >= 0.3 is 0 Å². The normalized spacial score (nSPS) is 15.8. The molecule has 3 rings (SSSR count). The van der Waals surface area contributed by atoms with Crippen molar-refractivity contribution in [2.24, 2.45) is 0 Å². The first kappa shape index (κ1) is 16.6. The molecule has 0 radical (unpaired) electrons. The maximum atomic E-state index is 13.1. The summed E-state index contributed by atoms with van der Waals surface area (Å²) in [5.74, 6) is -0.597. The van der Waals surface area contributed by atoms with Crippen LogP contribution in [0.5, 0.6) is 11.5 Å². The van der Waals surface area contributed by atoms with Crippen molar-refractivity contribution >= 4 is 17.7 Å². The fraction of sp³-hybridized carbons (Fsp3) is 0.235. The fourth-order valence-electron chi connectivity index (χ4n) is 2.16. The van der Waals surface area contributed by atoms with Gasteiger partial charge in [-0.05, 0) is 30.3 Å². The highest BCUT2D eigenvalue weighted by Gasteiger charge is 2.21. The summed E-state index contributed by atoms with van der Waals surface area (Å²) in [6, 6.07) is 10.9. The molecule has 1 heterocycles. The molecule has 0 saturated heterocycles. The standard InChI is InChI=1S/C17H15F2NO3S/c18-13-6-5-12(7-14(13)19)24-10-17(21)20-8-11-9-22-15-3-1-2-4-16(15)23-11/h1-7,11H,8-10H2,(H,20,21)/t11-/m0/s1. The third-order valence-corrected chi connectivity index (χ3v) is 4.35. The van der Waals surface area contributed by atoms with E-state index in [1.807, 2.05) is 24.3 Å². The van der Waals surface area contributed by atoms with Crippen molar-refractivity contribution in [1.82, 2.24) is 5.32 Å². The second-order valence-corrected chi connectivity index (χ2v) is 6.22. The van der Waals surface area contributed by atoms with Crippen LogP contribution in [0.4, 0.5) is 8.78 Å². The Morgan fingerprint density at radius 3 is 2.75 bits per heavy atom. The van der Waals surface area contributed by atoms with E-state index in [-0.39, 0.29) is 17.8 Å². The number of carbonyl (C=O) groups excluding carboxylic acids is 1. The highest BCUT2D eigenvalue weighted by molar-refractivity contribution is 8.00. The molecule has 0 fully saturated rings. The highest BCUT2D eigenvalue weighted by atomic mass is 32.2. The Bertz CT molecular complexity index is 742. The van der Waals surface area contributed by atoms with Gasteiger partial charge in [-0.15, -0.1) is 11.8 Å². The Balaban J connectivity index is 1.44. The summed E-state index contributed by atoms with van der Waals surface area (Å²) in [7, 11) is 0. The summed E-state index contributed by atoms with van der Waals surface area (Å²) in [6.07, 6.45) is -0.267. The summed E-state index contributed by atoms with van der Waals surface area (Å²) >= 11 is 1.14. The summed E-state index contributed by atoms with van der Waals surface area (Å²) in [4.78, 5) is 12.4. The van der Waals surface area contributed by atoms with Crippen LogP contribution in [0.3, 0.4) is 0 Å². The first-order chi connectivity index (χ1) is 11.6. The number of benzene rings is 2. The molecule has 4 nitrogen and oxygen atoms in total. The van der Waals surface area contributed by atoms with E-state index in [9.17, 15) is 13.6 Å². The molecule has 1 amide bonds. The number of ether oxygens (including phenoxy) is 2. The van der Waals surface area contributed by atoms with E-state index < -0.39 is 11.6 Å². The predicted molar refractivity (Wildman–Crippen MR) is 86.4 cm³/mol. The predicted octanol–water partition coefficient (Wildman–Crippen LogP) is 3.01. The largest absolute Gasteiger partial charge is 0.486 e. The number of hydrogen-bond donors (Lipinski definition) is 1. The van der Waals surface area contributed by atoms with Crippen LogP contribution in [0.15, 0.2) is 47.4 Å². The Kier molecular flexibility index (Phi) is 5.20. The number of rotatable bonds is 5. The molecule has 7 heteroatoms. The highest BCUT2D eigenvalue weighted by Crippen LogP contribution is 2.30. The van der Waals surface area contributed by atoms with Gasteiger partial charge in [0.1, 0.15) is 12.7 Å². The molecule has 0 aliphatic carbocycles. The summed E-state index contributed by atoms with van der Waals surface area (Å²) < 4.78 is 37.2. The number of amides is 1. The molecule has 0 aromatic heterocycles. The van der Waals surface area contributed by atoms with Crippen molar-refractivity contribution in [2.75, 3.05) is 18.9 Å². The van der Waals surface area contributed by atoms with Crippen molar-refractivity contribution in [1.29, 1.82) is 0 Å². The third kappa shape index (κ3) is 4.17. The van der Waals surface area contributed by atoms with Crippen molar-refractivity contribution < 1.29 is 23.0 Å². The molecular weight excluding hydrogens is 336 g/mol. The van der Waals surface area contributed by atoms with Crippen molar-refractivity contribution in [3.63, 3.8) is 0 Å².